The first-order valence-electron chi connectivity index (χ1n) is 19.8. The van der Waals surface area contributed by atoms with E-state index < -0.39 is 84.9 Å². The molecule has 0 spiro atoms. The lowest BCUT2D eigenvalue weighted by molar-refractivity contribution is -0.140. The molecule has 14 heteroatoms. The second-order valence-electron chi connectivity index (χ2n) is 16.1. The molecule has 0 bridgehead atoms. The normalized spacial score (nSPS) is 15.6. The zero-order chi connectivity index (χ0) is 40.8. The van der Waals surface area contributed by atoms with E-state index >= 15 is 0 Å². The molecule has 7 atom stereocenters. The quantitative estimate of drug-likeness (QED) is 0.0546. The van der Waals surface area contributed by atoms with Gasteiger partial charge in [0.2, 0.25) is 29.5 Å². The van der Waals surface area contributed by atoms with Gasteiger partial charge < -0.3 is 41.9 Å². The smallest absolute Gasteiger partial charge is 0.306 e. The van der Waals surface area contributed by atoms with E-state index in [-0.39, 0.29) is 29.6 Å². The number of unbranched alkanes of at least 4 members (excludes halogenated alkanes) is 6. The van der Waals surface area contributed by atoms with Gasteiger partial charge in [-0.2, -0.15) is 0 Å². The molecule has 0 aliphatic rings. The number of aliphatic hydroxyl groups is 2. The molecule has 5 amide bonds. The van der Waals surface area contributed by atoms with Crippen molar-refractivity contribution in [1.82, 2.24) is 26.6 Å². The van der Waals surface area contributed by atoms with Crippen LogP contribution in [0.15, 0.2) is 0 Å². The summed E-state index contributed by atoms with van der Waals surface area (Å²) >= 11 is 0. The minimum Gasteiger partial charge on any atom is -0.481 e. The van der Waals surface area contributed by atoms with E-state index in [0.29, 0.717) is 19.3 Å². The first-order chi connectivity index (χ1) is 24.7. The second-order valence-corrected chi connectivity index (χ2v) is 16.1. The number of hydrogen-bond acceptors (Lipinski definition) is 8. The molecule has 0 rings (SSSR count). The van der Waals surface area contributed by atoms with Crippen molar-refractivity contribution in [3.8, 4) is 0 Å². The van der Waals surface area contributed by atoms with E-state index in [1.165, 1.54) is 26.2 Å². The number of amides is 5. The fourth-order valence-electron chi connectivity index (χ4n) is 6.04. The molecule has 0 saturated heterocycles. The first kappa shape index (κ1) is 49.7. The molecule has 308 valence electrons. The van der Waals surface area contributed by atoms with Crippen LogP contribution >= 0.6 is 0 Å². The minimum atomic E-state index is -1.33. The number of carboxylic acids is 1. The van der Waals surface area contributed by atoms with E-state index in [2.05, 4.69) is 33.5 Å². The summed E-state index contributed by atoms with van der Waals surface area (Å²) < 4.78 is 0. The van der Waals surface area contributed by atoms with E-state index in [1.807, 2.05) is 41.5 Å². The van der Waals surface area contributed by atoms with Crippen molar-refractivity contribution in [2.45, 2.75) is 189 Å². The Bertz CT molecular complexity index is 1130. The van der Waals surface area contributed by atoms with E-state index in [0.717, 1.165) is 25.7 Å². The van der Waals surface area contributed by atoms with Gasteiger partial charge in [-0.15, -0.1) is 0 Å². The van der Waals surface area contributed by atoms with Crippen molar-refractivity contribution in [2.75, 3.05) is 0 Å². The van der Waals surface area contributed by atoms with Crippen LogP contribution in [0.3, 0.4) is 0 Å². The van der Waals surface area contributed by atoms with Crippen LogP contribution in [0.5, 0.6) is 0 Å². The highest BCUT2D eigenvalue weighted by Crippen LogP contribution is 2.15. The van der Waals surface area contributed by atoms with Gasteiger partial charge in [-0.25, -0.2) is 0 Å². The topological polar surface area (TPSA) is 223 Å². The standard InChI is InChI=1S/C39H73N5O9/c1-11-12-13-14-15-16-17-18-32(47)43-35(25(6)7)39(53)44-36(26(8)9)38(52)42-28(19-23(2)3)30(45)21-33(48)40-27(10)37(51)41-29(20-24(4)5)31(46)22-34(49)50/h23-31,35-36,45-46H,11-22H2,1-10H3,(H,40,48)(H,41,51)(H,42,52)(H,43,47)(H,44,53)(H,49,50)/t27-,28-,29-,30-,31-,35-,36-/m0/s1. The van der Waals surface area contributed by atoms with Crippen molar-refractivity contribution >= 4 is 35.5 Å². The summed E-state index contributed by atoms with van der Waals surface area (Å²) in [7, 11) is 0. The summed E-state index contributed by atoms with van der Waals surface area (Å²) in [5, 5.41) is 44.2. The average Bonchev–Trinajstić information content (AvgIpc) is 3.03. The molecule has 53 heavy (non-hydrogen) atoms. The van der Waals surface area contributed by atoms with Crippen LogP contribution in [0.2, 0.25) is 0 Å². The minimum absolute atomic E-state index is 0.0156. The third-order valence-corrected chi connectivity index (χ3v) is 9.10. The summed E-state index contributed by atoms with van der Waals surface area (Å²) in [5.41, 5.74) is 0. The Morgan fingerprint density at radius 3 is 1.42 bits per heavy atom. The number of aliphatic hydroxyl groups excluding tert-OH is 2. The Hall–Kier alpha value is -3.26. The maximum Gasteiger partial charge on any atom is 0.306 e. The Morgan fingerprint density at radius 1 is 0.509 bits per heavy atom. The summed E-state index contributed by atoms with van der Waals surface area (Å²) in [6, 6.07) is -4.60. The predicted molar refractivity (Wildman–Crippen MR) is 205 cm³/mol. The van der Waals surface area contributed by atoms with Crippen LogP contribution in [0, 0.1) is 23.7 Å². The first-order valence-corrected chi connectivity index (χ1v) is 19.8. The fourth-order valence-corrected chi connectivity index (χ4v) is 6.04. The number of nitrogens with one attached hydrogen (secondary N) is 5. The highest BCUT2D eigenvalue weighted by atomic mass is 16.4. The molecule has 0 saturated carbocycles. The number of carboxylic acid groups (broad SMARTS) is 1. The van der Waals surface area contributed by atoms with Gasteiger partial charge in [0.05, 0.1) is 37.1 Å². The predicted octanol–water partition coefficient (Wildman–Crippen LogP) is 3.56. The maximum absolute atomic E-state index is 13.6. The van der Waals surface area contributed by atoms with Gasteiger partial charge in [0, 0.05) is 6.42 Å². The van der Waals surface area contributed by atoms with Crippen molar-refractivity contribution in [1.29, 1.82) is 0 Å². The van der Waals surface area contributed by atoms with Crippen molar-refractivity contribution in [2.24, 2.45) is 23.7 Å². The summed E-state index contributed by atoms with van der Waals surface area (Å²) in [4.78, 5) is 76.7. The van der Waals surface area contributed by atoms with Gasteiger partial charge in [0.25, 0.3) is 0 Å². The maximum atomic E-state index is 13.6. The number of carbonyl (C=O) groups is 6. The SMILES string of the molecule is CCCCCCCCCC(=O)N[C@H](C(=O)N[C@H](C(=O)N[C@@H](CC(C)C)[C@@H](O)CC(=O)N[C@@H](C)C(=O)N[C@@H](CC(C)C)[C@@H](O)CC(=O)O)C(C)C)C(C)C. The molecule has 0 aromatic rings. The molecule has 8 N–H and O–H groups in total. The molecule has 0 heterocycles. The number of hydrogen-bond donors (Lipinski definition) is 8. The second kappa shape index (κ2) is 26.5. The van der Waals surface area contributed by atoms with Crippen molar-refractivity contribution < 1.29 is 44.1 Å². The molecule has 0 unspecified atom stereocenters. The Kier molecular flexibility index (Phi) is 24.9. The largest absolute Gasteiger partial charge is 0.481 e. The molecule has 0 aliphatic carbocycles. The highest BCUT2D eigenvalue weighted by molar-refractivity contribution is 5.92. The van der Waals surface area contributed by atoms with E-state index in [1.54, 1.807) is 13.8 Å². The number of rotatable bonds is 28. The Morgan fingerprint density at radius 2 is 0.943 bits per heavy atom. The van der Waals surface area contributed by atoms with Crippen LogP contribution in [0.1, 0.15) is 146 Å². The monoisotopic (exact) mass is 756 g/mol. The van der Waals surface area contributed by atoms with Gasteiger partial charge in [-0.3, -0.25) is 28.8 Å². The average molecular weight is 756 g/mol. The van der Waals surface area contributed by atoms with E-state index in [4.69, 9.17) is 5.11 Å². The zero-order valence-electron chi connectivity index (χ0n) is 34.1. The number of carbonyl (C=O) groups excluding carboxylic acids is 5. The summed E-state index contributed by atoms with van der Waals surface area (Å²) in [6.45, 7) is 18.3. The third-order valence-electron chi connectivity index (χ3n) is 9.10. The van der Waals surface area contributed by atoms with Crippen molar-refractivity contribution in [3.63, 3.8) is 0 Å². The zero-order valence-corrected chi connectivity index (χ0v) is 34.1. The van der Waals surface area contributed by atoms with Crippen LogP contribution in [0.25, 0.3) is 0 Å². The van der Waals surface area contributed by atoms with Gasteiger partial charge in [-0.1, -0.05) is 101 Å². The van der Waals surface area contributed by atoms with Crippen LogP contribution in [-0.2, 0) is 28.8 Å². The lowest BCUT2D eigenvalue weighted by Gasteiger charge is -2.31. The molecule has 0 aromatic heterocycles. The van der Waals surface area contributed by atoms with Gasteiger partial charge in [-0.05, 0) is 49.9 Å². The third kappa shape index (κ3) is 21.9. The number of aliphatic carboxylic acids is 1. The Balaban J connectivity index is 5.48. The summed E-state index contributed by atoms with van der Waals surface area (Å²) in [5.74, 6) is -4.26. The lowest BCUT2D eigenvalue weighted by atomic mass is 9.95. The molecule has 0 radical (unpaired) electrons. The molecular weight excluding hydrogens is 682 g/mol. The highest BCUT2D eigenvalue weighted by Gasteiger charge is 2.34. The fraction of sp³-hybridized carbons (Fsp3) is 0.846. The van der Waals surface area contributed by atoms with Crippen LogP contribution < -0.4 is 26.6 Å². The molecule has 0 aliphatic heterocycles. The van der Waals surface area contributed by atoms with Crippen molar-refractivity contribution in [3.05, 3.63) is 0 Å². The van der Waals surface area contributed by atoms with Crippen LogP contribution in [-0.4, -0.2) is 93.2 Å². The lowest BCUT2D eigenvalue weighted by Crippen LogP contribution is -2.59. The Labute approximate surface area is 318 Å². The van der Waals surface area contributed by atoms with Gasteiger partial charge >= 0.3 is 5.97 Å². The van der Waals surface area contributed by atoms with Crippen LogP contribution in [0.4, 0.5) is 0 Å². The summed E-state index contributed by atoms with van der Waals surface area (Å²) in [6.07, 6.45) is 4.80. The van der Waals surface area contributed by atoms with Gasteiger partial charge in [0.1, 0.15) is 18.1 Å². The van der Waals surface area contributed by atoms with Gasteiger partial charge in [0.15, 0.2) is 0 Å². The molecular formula is C39H73N5O9. The molecule has 14 nitrogen and oxygen atoms in total. The molecule has 0 fully saturated rings. The molecule has 0 aromatic carbocycles. The van der Waals surface area contributed by atoms with E-state index in [9.17, 15) is 39.0 Å².